The summed E-state index contributed by atoms with van der Waals surface area (Å²) in [4.78, 5) is 2.39. The van der Waals surface area contributed by atoms with Gasteiger partial charge < -0.3 is 14.4 Å². The number of rotatable bonds is 5. The normalized spacial score (nSPS) is 14.9. The molecule has 3 rings (SSSR count). The third kappa shape index (κ3) is 3.79. The first-order chi connectivity index (χ1) is 11.8. The lowest BCUT2D eigenvalue weighted by Gasteiger charge is -2.34. The van der Waals surface area contributed by atoms with E-state index in [1.807, 2.05) is 30.5 Å². The third-order valence-electron chi connectivity index (χ3n) is 4.18. The first-order valence-electron chi connectivity index (χ1n) is 8.11. The first kappa shape index (κ1) is 16.2. The van der Waals surface area contributed by atoms with E-state index in [-0.39, 0.29) is 0 Å². The fourth-order valence-corrected chi connectivity index (χ4v) is 2.78. The largest absolute Gasteiger partial charge is 0.497 e. The average Bonchev–Trinajstić information content (AvgIpc) is 2.67. The second-order valence-corrected chi connectivity index (χ2v) is 5.63. The van der Waals surface area contributed by atoms with E-state index in [1.165, 1.54) is 5.69 Å². The van der Waals surface area contributed by atoms with Crippen LogP contribution in [0.25, 0.3) is 0 Å². The van der Waals surface area contributed by atoms with Crippen LogP contribution in [0.15, 0.2) is 53.6 Å². The maximum absolute atomic E-state index is 5.40. The van der Waals surface area contributed by atoms with Gasteiger partial charge in [-0.1, -0.05) is 18.2 Å². The molecule has 2 aromatic rings. The molecule has 24 heavy (non-hydrogen) atoms. The summed E-state index contributed by atoms with van der Waals surface area (Å²) in [6.07, 6.45) is 1.86. The molecule has 126 valence electrons. The highest BCUT2D eigenvalue weighted by atomic mass is 16.5. The number of para-hydroxylation sites is 1. The molecule has 5 nitrogen and oxygen atoms in total. The quantitative estimate of drug-likeness (QED) is 0.792. The van der Waals surface area contributed by atoms with E-state index < -0.39 is 0 Å². The monoisotopic (exact) mass is 325 g/mol. The molecule has 1 aliphatic heterocycles. The van der Waals surface area contributed by atoms with Gasteiger partial charge in [0, 0.05) is 30.4 Å². The van der Waals surface area contributed by atoms with Gasteiger partial charge in [0.1, 0.15) is 11.5 Å². The van der Waals surface area contributed by atoms with Crippen LogP contribution < -0.4 is 14.4 Å². The van der Waals surface area contributed by atoms with Crippen LogP contribution >= 0.6 is 0 Å². The number of hydrogen-bond donors (Lipinski definition) is 0. The fourth-order valence-electron chi connectivity index (χ4n) is 2.78. The number of hydrazone groups is 1. The highest BCUT2D eigenvalue weighted by molar-refractivity contribution is 5.83. The predicted molar refractivity (Wildman–Crippen MR) is 97.4 cm³/mol. The van der Waals surface area contributed by atoms with Crippen molar-refractivity contribution in [1.29, 1.82) is 0 Å². The summed E-state index contributed by atoms with van der Waals surface area (Å²) in [5, 5.41) is 6.71. The Morgan fingerprint density at radius 3 is 2.33 bits per heavy atom. The van der Waals surface area contributed by atoms with Crippen molar-refractivity contribution in [3.05, 3.63) is 54.1 Å². The molecule has 0 unspecified atom stereocenters. The van der Waals surface area contributed by atoms with Crippen LogP contribution in [-0.4, -0.2) is 51.6 Å². The van der Waals surface area contributed by atoms with Gasteiger partial charge in [-0.25, -0.2) is 0 Å². The zero-order valence-corrected chi connectivity index (χ0v) is 14.2. The van der Waals surface area contributed by atoms with E-state index in [1.54, 1.807) is 14.2 Å². The predicted octanol–water partition coefficient (Wildman–Crippen LogP) is 2.86. The zero-order chi connectivity index (χ0) is 16.8. The molecule has 0 amide bonds. The number of piperazine rings is 1. The Hall–Kier alpha value is -2.69. The van der Waals surface area contributed by atoms with Crippen molar-refractivity contribution >= 4 is 11.9 Å². The molecule has 0 aliphatic carbocycles. The molecular weight excluding hydrogens is 302 g/mol. The second-order valence-electron chi connectivity index (χ2n) is 5.63. The number of anilines is 1. The van der Waals surface area contributed by atoms with Gasteiger partial charge in [0.05, 0.1) is 33.5 Å². The first-order valence-corrected chi connectivity index (χ1v) is 8.11. The Labute approximate surface area is 143 Å². The zero-order valence-electron chi connectivity index (χ0n) is 14.2. The van der Waals surface area contributed by atoms with Crippen molar-refractivity contribution < 1.29 is 9.47 Å². The SMILES string of the molecule is COc1ccc(C=NN2CCN(c3ccccc3)CC2)c(OC)c1. The van der Waals surface area contributed by atoms with Crippen LogP contribution in [0.1, 0.15) is 5.56 Å². The molecule has 0 atom stereocenters. The molecule has 0 radical (unpaired) electrons. The molecule has 5 heteroatoms. The number of benzene rings is 2. The molecular formula is C19H23N3O2. The molecule has 0 N–H and O–H groups in total. The molecule has 0 spiro atoms. The smallest absolute Gasteiger partial charge is 0.131 e. The number of hydrogen-bond acceptors (Lipinski definition) is 5. The number of ether oxygens (including phenoxy) is 2. The molecule has 1 saturated heterocycles. The Balaban J connectivity index is 1.61. The van der Waals surface area contributed by atoms with Gasteiger partial charge in [-0.2, -0.15) is 5.10 Å². The Morgan fingerprint density at radius 2 is 1.67 bits per heavy atom. The lowest BCUT2D eigenvalue weighted by Crippen LogP contribution is -2.44. The van der Waals surface area contributed by atoms with Crippen LogP contribution in [-0.2, 0) is 0 Å². The molecule has 1 heterocycles. The van der Waals surface area contributed by atoms with E-state index in [2.05, 4.69) is 39.3 Å². The Kier molecular flexibility index (Phi) is 5.21. The number of methoxy groups -OCH3 is 2. The minimum Gasteiger partial charge on any atom is -0.497 e. The highest BCUT2D eigenvalue weighted by Gasteiger charge is 2.15. The van der Waals surface area contributed by atoms with Crippen molar-refractivity contribution in [2.45, 2.75) is 0 Å². The Morgan fingerprint density at radius 1 is 0.917 bits per heavy atom. The van der Waals surface area contributed by atoms with E-state index in [0.29, 0.717) is 0 Å². The van der Waals surface area contributed by atoms with Crippen molar-refractivity contribution in [2.75, 3.05) is 45.3 Å². The fraction of sp³-hybridized carbons (Fsp3) is 0.316. The van der Waals surface area contributed by atoms with Crippen molar-refractivity contribution in [2.24, 2.45) is 5.10 Å². The topological polar surface area (TPSA) is 37.3 Å². The summed E-state index contributed by atoms with van der Waals surface area (Å²) >= 11 is 0. The van der Waals surface area contributed by atoms with Crippen LogP contribution in [0.4, 0.5) is 5.69 Å². The van der Waals surface area contributed by atoms with Crippen LogP contribution in [0.5, 0.6) is 11.5 Å². The van der Waals surface area contributed by atoms with Crippen molar-refractivity contribution in [3.8, 4) is 11.5 Å². The standard InChI is InChI=1S/C19H23N3O2/c1-23-18-9-8-16(19(14-18)24-2)15-20-22-12-10-21(11-13-22)17-6-4-3-5-7-17/h3-9,14-15H,10-13H2,1-2H3. The van der Waals surface area contributed by atoms with Crippen LogP contribution in [0.3, 0.4) is 0 Å². The summed E-state index contributed by atoms with van der Waals surface area (Å²) in [5.74, 6) is 1.54. The maximum Gasteiger partial charge on any atom is 0.131 e. The summed E-state index contributed by atoms with van der Waals surface area (Å²) in [6.45, 7) is 3.76. The molecule has 2 aromatic carbocycles. The van der Waals surface area contributed by atoms with E-state index in [9.17, 15) is 0 Å². The lowest BCUT2D eigenvalue weighted by atomic mass is 10.2. The molecule has 1 aliphatic rings. The minimum absolute atomic E-state index is 0.765. The van der Waals surface area contributed by atoms with Gasteiger partial charge in [-0.3, -0.25) is 5.01 Å². The van der Waals surface area contributed by atoms with Crippen molar-refractivity contribution in [1.82, 2.24) is 5.01 Å². The van der Waals surface area contributed by atoms with Gasteiger partial charge in [-0.05, 0) is 24.3 Å². The van der Waals surface area contributed by atoms with E-state index in [4.69, 9.17) is 9.47 Å². The lowest BCUT2D eigenvalue weighted by molar-refractivity contribution is 0.272. The summed E-state index contributed by atoms with van der Waals surface area (Å²) < 4.78 is 10.6. The van der Waals surface area contributed by atoms with E-state index >= 15 is 0 Å². The maximum atomic E-state index is 5.40. The van der Waals surface area contributed by atoms with Gasteiger partial charge in [0.2, 0.25) is 0 Å². The summed E-state index contributed by atoms with van der Waals surface area (Å²) in [5.41, 5.74) is 2.22. The van der Waals surface area contributed by atoms with Crippen LogP contribution in [0.2, 0.25) is 0 Å². The summed E-state index contributed by atoms with van der Waals surface area (Å²) in [6, 6.07) is 16.3. The van der Waals surface area contributed by atoms with Gasteiger partial charge in [-0.15, -0.1) is 0 Å². The second kappa shape index (κ2) is 7.73. The molecule has 1 fully saturated rings. The molecule has 0 aromatic heterocycles. The molecule has 0 saturated carbocycles. The van der Waals surface area contributed by atoms with Gasteiger partial charge in [0.25, 0.3) is 0 Å². The van der Waals surface area contributed by atoms with Gasteiger partial charge in [0.15, 0.2) is 0 Å². The highest BCUT2D eigenvalue weighted by Crippen LogP contribution is 2.23. The molecule has 0 bridgehead atoms. The minimum atomic E-state index is 0.765. The third-order valence-corrected chi connectivity index (χ3v) is 4.18. The van der Waals surface area contributed by atoms with Crippen LogP contribution in [0, 0.1) is 0 Å². The van der Waals surface area contributed by atoms with Crippen molar-refractivity contribution in [3.63, 3.8) is 0 Å². The summed E-state index contributed by atoms with van der Waals surface area (Å²) in [7, 11) is 3.31. The Bertz CT molecular complexity index is 680. The van der Waals surface area contributed by atoms with E-state index in [0.717, 1.165) is 43.2 Å². The number of nitrogens with zero attached hydrogens (tertiary/aromatic N) is 3. The van der Waals surface area contributed by atoms with Gasteiger partial charge >= 0.3 is 0 Å². The average molecular weight is 325 g/mol.